The standard InChI is InChI=1S/C9H16N2O5S/c1-16-7(12)5-10-9(15)11-6(8(13)14)3-4-17-2/h6H,3-5H2,1-2H3,(H,13,14)(H2,10,11,15)/t6-/m0/s1. The summed E-state index contributed by atoms with van der Waals surface area (Å²) < 4.78 is 4.32. The van der Waals surface area contributed by atoms with Gasteiger partial charge in [0.25, 0.3) is 0 Å². The number of carboxylic acids is 1. The van der Waals surface area contributed by atoms with Crippen molar-refractivity contribution in [2.75, 3.05) is 25.7 Å². The quantitative estimate of drug-likeness (QED) is 0.544. The van der Waals surface area contributed by atoms with Crippen molar-refractivity contribution in [2.45, 2.75) is 12.5 Å². The molecule has 0 saturated carbocycles. The van der Waals surface area contributed by atoms with Crippen LogP contribution in [0.4, 0.5) is 4.79 Å². The van der Waals surface area contributed by atoms with Crippen molar-refractivity contribution in [1.29, 1.82) is 0 Å². The number of aliphatic carboxylic acids is 1. The Morgan fingerprint density at radius 3 is 2.53 bits per heavy atom. The van der Waals surface area contributed by atoms with Gasteiger partial charge in [0.05, 0.1) is 7.11 Å². The van der Waals surface area contributed by atoms with Gasteiger partial charge in [-0.1, -0.05) is 0 Å². The molecule has 3 N–H and O–H groups in total. The Kier molecular flexibility index (Phi) is 7.95. The van der Waals surface area contributed by atoms with E-state index in [1.54, 1.807) is 0 Å². The third-order valence-corrected chi connectivity index (χ3v) is 2.48. The van der Waals surface area contributed by atoms with Gasteiger partial charge in [-0.15, -0.1) is 0 Å². The van der Waals surface area contributed by atoms with Crippen molar-refractivity contribution in [3.8, 4) is 0 Å². The molecular formula is C9H16N2O5S. The van der Waals surface area contributed by atoms with Gasteiger partial charge in [-0.2, -0.15) is 11.8 Å². The normalized spacial score (nSPS) is 11.4. The molecule has 0 radical (unpaired) electrons. The first kappa shape index (κ1) is 15.6. The molecule has 0 rings (SSSR count). The molecule has 17 heavy (non-hydrogen) atoms. The summed E-state index contributed by atoms with van der Waals surface area (Å²) in [5.41, 5.74) is 0. The smallest absolute Gasteiger partial charge is 0.326 e. The van der Waals surface area contributed by atoms with Crippen molar-refractivity contribution in [1.82, 2.24) is 10.6 Å². The van der Waals surface area contributed by atoms with Crippen LogP contribution in [0.25, 0.3) is 0 Å². The molecule has 0 aromatic carbocycles. The molecule has 1 atom stereocenters. The zero-order chi connectivity index (χ0) is 13.3. The number of hydrogen-bond donors (Lipinski definition) is 3. The van der Waals surface area contributed by atoms with Gasteiger partial charge in [-0.25, -0.2) is 9.59 Å². The van der Waals surface area contributed by atoms with E-state index in [2.05, 4.69) is 15.4 Å². The second kappa shape index (κ2) is 8.68. The number of thioether (sulfide) groups is 1. The van der Waals surface area contributed by atoms with Crippen LogP contribution in [-0.4, -0.2) is 54.8 Å². The van der Waals surface area contributed by atoms with E-state index in [4.69, 9.17) is 5.11 Å². The van der Waals surface area contributed by atoms with Gasteiger partial charge in [-0.3, -0.25) is 4.79 Å². The number of urea groups is 1. The number of carboxylic acid groups (broad SMARTS) is 1. The van der Waals surface area contributed by atoms with Gasteiger partial charge < -0.3 is 20.5 Å². The van der Waals surface area contributed by atoms with Crippen molar-refractivity contribution in [2.24, 2.45) is 0 Å². The van der Waals surface area contributed by atoms with Crippen LogP contribution in [-0.2, 0) is 14.3 Å². The lowest BCUT2D eigenvalue weighted by molar-refractivity contribution is -0.139. The van der Waals surface area contributed by atoms with E-state index in [0.29, 0.717) is 12.2 Å². The first-order valence-electron chi connectivity index (χ1n) is 4.84. The molecule has 8 heteroatoms. The van der Waals surface area contributed by atoms with Crippen molar-refractivity contribution in [3.05, 3.63) is 0 Å². The fraction of sp³-hybridized carbons (Fsp3) is 0.667. The Balaban J connectivity index is 4.03. The summed E-state index contributed by atoms with van der Waals surface area (Å²) in [4.78, 5) is 32.8. The number of amides is 2. The lowest BCUT2D eigenvalue weighted by Gasteiger charge is -2.14. The van der Waals surface area contributed by atoms with E-state index < -0.39 is 24.0 Å². The zero-order valence-electron chi connectivity index (χ0n) is 9.69. The average molecular weight is 264 g/mol. The Bertz CT molecular complexity index is 285. The maximum atomic E-state index is 11.2. The first-order chi connectivity index (χ1) is 8.01. The Hall–Kier alpha value is -1.44. The number of nitrogens with one attached hydrogen (secondary N) is 2. The Labute approximate surface area is 103 Å². The van der Waals surface area contributed by atoms with Crippen LogP contribution in [0.1, 0.15) is 6.42 Å². The first-order valence-corrected chi connectivity index (χ1v) is 6.23. The molecule has 0 aliphatic rings. The third kappa shape index (κ3) is 7.45. The van der Waals surface area contributed by atoms with Crippen LogP contribution in [0.5, 0.6) is 0 Å². The summed E-state index contributed by atoms with van der Waals surface area (Å²) in [5.74, 6) is -1.09. The molecular weight excluding hydrogens is 248 g/mol. The molecule has 0 aliphatic carbocycles. The Morgan fingerprint density at radius 2 is 2.06 bits per heavy atom. The molecule has 98 valence electrons. The van der Waals surface area contributed by atoms with Crippen LogP contribution in [0.3, 0.4) is 0 Å². The van der Waals surface area contributed by atoms with E-state index in [1.165, 1.54) is 18.9 Å². The summed E-state index contributed by atoms with van der Waals surface area (Å²) in [7, 11) is 1.19. The topological polar surface area (TPSA) is 105 Å². The Morgan fingerprint density at radius 1 is 1.41 bits per heavy atom. The minimum absolute atomic E-state index is 0.294. The van der Waals surface area contributed by atoms with Gasteiger partial charge in [0.1, 0.15) is 12.6 Å². The zero-order valence-corrected chi connectivity index (χ0v) is 10.5. The molecule has 2 amide bonds. The number of carbonyl (C=O) groups excluding carboxylic acids is 2. The molecule has 0 aliphatic heterocycles. The van der Waals surface area contributed by atoms with Crippen LogP contribution >= 0.6 is 11.8 Å². The summed E-state index contributed by atoms with van der Waals surface area (Å²) in [5, 5.41) is 13.3. The molecule has 0 aromatic rings. The van der Waals surface area contributed by atoms with Crippen LogP contribution in [0.2, 0.25) is 0 Å². The molecule has 0 fully saturated rings. The highest BCUT2D eigenvalue weighted by molar-refractivity contribution is 7.98. The fourth-order valence-electron chi connectivity index (χ4n) is 0.927. The number of rotatable bonds is 7. The van der Waals surface area contributed by atoms with Crippen LogP contribution in [0.15, 0.2) is 0 Å². The van der Waals surface area contributed by atoms with Crippen molar-refractivity contribution in [3.63, 3.8) is 0 Å². The SMILES string of the molecule is COC(=O)CNC(=O)N[C@@H](CCSC)C(=O)O. The summed E-state index contributed by atoms with van der Waals surface area (Å²) in [6, 6.07) is -1.66. The van der Waals surface area contributed by atoms with E-state index >= 15 is 0 Å². The number of ether oxygens (including phenoxy) is 1. The number of hydrogen-bond acceptors (Lipinski definition) is 5. The van der Waals surface area contributed by atoms with Gasteiger partial charge in [0, 0.05) is 0 Å². The molecule has 0 aromatic heterocycles. The number of carbonyl (C=O) groups is 3. The predicted molar refractivity (Wildman–Crippen MR) is 63.0 cm³/mol. The second-order valence-corrected chi connectivity index (χ2v) is 4.06. The molecule has 0 saturated heterocycles. The lowest BCUT2D eigenvalue weighted by Crippen LogP contribution is -2.47. The maximum absolute atomic E-state index is 11.2. The maximum Gasteiger partial charge on any atom is 0.326 e. The van der Waals surface area contributed by atoms with Crippen molar-refractivity contribution >= 4 is 29.7 Å². The minimum Gasteiger partial charge on any atom is -0.480 e. The van der Waals surface area contributed by atoms with E-state index in [-0.39, 0.29) is 6.54 Å². The summed E-state index contributed by atoms with van der Waals surface area (Å²) >= 11 is 1.49. The molecule has 0 unspecified atom stereocenters. The second-order valence-electron chi connectivity index (χ2n) is 3.08. The monoisotopic (exact) mass is 264 g/mol. The van der Waals surface area contributed by atoms with Crippen molar-refractivity contribution < 1.29 is 24.2 Å². The number of methoxy groups -OCH3 is 1. The lowest BCUT2D eigenvalue weighted by atomic mass is 10.2. The molecule has 7 nitrogen and oxygen atoms in total. The van der Waals surface area contributed by atoms with Gasteiger partial charge in [0.15, 0.2) is 0 Å². The highest BCUT2D eigenvalue weighted by atomic mass is 32.2. The van der Waals surface area contributed by atoms with E-state index in [0.717, 1.165) is 0 Å². The fourth-order valence-corrected chi connectivity index (χ4v) is 1.40. The largest absolute Gasteiger partial charge is 0.480 e. The summed E-state index contributed by atoms with van der Waals surface area (Å²) in [6.07, 6.45) is 2.17. The van der Waals surface area contributed by atoms with E-state index in [1.807, 2.05) is 6.26 Å². The summed E-state index contributed by atoms with van der Waals surface area (Å²) in [6.45, 7) is -0.294. The van der Waals surface area contributed by atoms with Gasteiger partial charge in [0.2, 0.25) is 0 Å². The average Bonchev–Trinajstić information content (AvgIpc) is 2.30. The minimum atomic E-state index is -1.10. The predicted octanol–water partition coefficient (Wildman–Crippen LogP) is -0.335. The van der Waals surface area contributed by atoms with E-state index in [9.17, 15) is 14.4 Å². The molecule has 0 bridgehead atoms. The van der Waals surface area contributed by atoms with Crippen LogP contribution < -0.4 is 10.6 Å². The van der Waals surface area contributed by atoms with Gasteiger partial charge in [-0.05, 0) is 18.4 Å². The molecule has 0 spiro atoms. The van der Waals surface area contributed by atoms with Gasteiger partial charge >= 0.3 is 18.0 Å². The number of esters is 1. The third-order valence-electron chi connectivity index (χ3n) is 1.84. The molecule has 0 heterocycles. The van der Waals surface area contributed by atoms with Crippen LogP contribution in [0, 0.1) is 0 Å². The highest BCUT2D eigenvalue weighted by Gasteiger charge is 2.19. The highest BCUT2D eigenvalue weighted by Crippen LogP contribution is 2.00.